The molecule has 2 nitrogen and oxygen atoms in total. The maximum atomic E-state index is 6.74. The summed E-state index contributed by atoms with van der Waals surface area (Å²) in [5, 5.41) is 4.77. The highest BCUT2D eigenvalue weighted by atomic mass is 35.7. The number of methoxy groups -OCH3 is 1. The van der Waals surface area contributed by atoms with Crippen molar-refractivity contribution in [3.63, 3.8) is 0 Å². The number of halogens is 2. The molecule has 0 saturated carbocycles. The van der Waals surface area contributed by atoms with Crippen LogP contribution in [0.15, 0.2) is 22.7 Å². The molecule has 0 aromatic heterocycles. The minimum absolute atomic E-state index is 0.0284. The number of nitrogens with one attached hydrogen (secondary N) is 1. The van der Waals surface area contributed by atoms with E-state index in [4.69, 9.17) is 27.6 Å². The quantitative estimate of drug-likeness (QED) is 0.380. The molecule has 1 aromatic carbocycles. The molecule has 0 aliphatic heterocycles. The van der Waals surface area contributed by atoms with Crippen LogP contribution < -0.4 is 5.09 Å². The molecule has 0 aliphatic carbocycles. The van der Waals surface area contributed by atoms with Crippen LogP contribution in [0.5, 0.6) is 0 Å². The Morgan fingerprint density at radius 2 is 1.30 bits per heavy atom. The van der Waals surface area contributed by atoms with Gasteiger partial charge in [0.2, 0.25) is 0 Å². The molecule has 1 rings (SSSR count). The Labute approximate surface area is 177 Å². The van der Waals surface area contributed by atoms with E-state index in [1.54, 1.807) is 7.11 Å². The van der Waals surface area contributed by atoms with Gasteiger partial charge in [-0.05, 0) is 51.5 Å². The third kappa shape index (κ3) is 6.28. The number of benzene rings is 1. The van der Waals surface area contributed by atoms with Gasteiger partial charge in [-0.1, -0.05) is 85.7 Å². The summed E-state index contributed by atoms with van der Waals surface area (Å²) in [7, 11) is 0.378. The number of anilines is 1. The number of hydrogen-bond acceptors (Lipinski definition) is 2. The predicted octanol–water partition coefficient (Wildman–Crippen LogP) is 8.62. The van der Waals surface area contributed by atoms with Gasteiger partial charge in [0.25, 0.3) is 0 Å². The average Bonchev–Trinajstić information content (AvgIpc) is 2.49. The van der Waals surface area contributed by atoms with E-state index in [1.165, 1.54) is 16.7 Å². The lowest BCUT2D eigenvalue weighted by atomic mass is 9.74. The van der Waals surface area contributed by atoms with Gasteiger partial charge in [0.1, 0.15) is 7.43 Å². The standard InChI is InChI=1S/C22H36Cl2NOP/c1-14(19(23)26-11)27(24)25-18-16(21(5,6)7)12-15(20(2,3)4)13-17(18)22(8,9)10/h12-13,25H,1-11H3/b19-14+. The van der Waals surface area contributed by atoms with E-state index in [2.05, 4.69) is 79.5 Å². The van der Waals surface area contributed by atoms with Gasteiger partial charge in [0.05, 0.1) is 7.11 Å². The molecule has 0 aliphatic rings. The van der Waals surface area contributed by atoms with Crippen LogP contribution in [0, 0.1) is 0 Å². The van der Waals surface area contributed by atoms with Crippen molar-refractivity contribution in [2.45, 2.75) is 85.5 Å². The van der Waals surface area contributed by atoms with Crippen LogP contribution in [0.2, 0.25) is 0 Å². The first-order valence-corrected chi connectivity index (χ1v) is 11.9. The average molecular weight is 432 g/mol. The van der Waals surface area contributed by atoms with Crippen molar-refractivity contribution >= 4 is 36.0 Å². The first-order valence-electron chi connectivity index (χ1n) is 9.32. The Bertz CT molecular complexity index is 671. The maximum absolute atomic E-state index is 6.74. The second-order valence-electron chi connectivity index (χ2n) is 10.2. The highest BCUT2D eigenvalue weighted by molar-refractivity contribution is 7.88. The molecule has 0 spiro atoms. The van der Waals surface area contributed by atoms with E-state index < -0.39 is 7.43 Å². The molecule has 0 radical (unpaired) electrons. The van der Waals surface area contributed by atoms with Crippen LogP contribution in [-0.2, 0) is 21.0 Å². The topological polar surface area (TPSA) is 21.3 Å². The van der Waals surface area contributed by atoms with Crippen molar-refractivity contribution in [1.82, 2.24) is 0 Å². The summed E-state index contributed by atoms with van der Waals surface area (Å²) in [4.78, 5) is 0. The first kappa shape index (κ1) is 24.6. The Hall–Kier alpha value is -0.430. The molecule has 154 valence electrons. The van der Waals surface area contributed by atoms with E-state index >= 15 is 0 Å². The number of rotatable bonds is 4. The second-order valence-corrected chi connectivity index (χ2v) is 13.0. The van der Waals surface area contributed by atoms with Gasteiger partial charge < -0.3 is 9.82 Å². The molecule has 0 fully saturated rings. The largest absolute Gasteiger partial charge is 0.486 e. The lowest BCUT2D eigenvalue weighted by molar-refractivity contribution is 0.320. The molecule has 0 heterocycles. The zero-order valence-electron chi connectivity index (χ0n) is 18.8. The van der Waals surface area contributed by atoms with Crippen molar-refractivity contribution in [3.8, 4) is 0 Å². The molecule has 0 saturated heterocycles. The summed E-state index contributed by atoms with van der Waals surface area (Å²) >= 11 is 12.9. The Kier molecular flexibility index (Phi) is 7.76. The molecule has 1 unspecified atom stereocenters. The van der Waals surface area contributed by atoms with E-state index in [0.717, 1.165) is 11.0 Å². The molecule has 0 bridgehead atoms. The lowest BCUT2D eigenvalue weighted by Gasteiger charge is -2.34. The third-order valence-electron chi connectivity index (χ3n) is 4.59. The van der Waals surface area contributed by atoms with Crippen molar-refractivity contribution in [2.24, 2.45) is 0 Å². The van der Waals surface area contributed by atoms with Crippen LogP contribution in [0.4, 0.5) is 5.69 Å². The van der Waals surface area contributed by atoms with E-state index in [-0.39, 0.29) is 16.2 Å². The summed E-state index contributed by atoms with van der Waals surface area (Å²) in [6, 6.07) is 4.66. The molecule has 1 aromatic rings. The van der Waals surface area contributed by atoms with Crippen molar-refractivity contribution in [2.75, 3.05) is 12.2 Å². The predicted molar refractivity (Wildman–Crippen MR) is 124 cm³/mol. The highest BCUT2D eigenvalue weighted by Crippen LogP contribution is 2.54. The molecule has 0 amide bonds. The minimum atomic E-state index is -1.18. The van der Waals surface area contributed by atoms with Gasteiger partial charge in [-0.2, -0.15) is 0 Å². The van der Waals surface area contributed by atoms with Gasteiger partial charge >= 0.3 is 0 Å². The Morgan fingerprint density at radius 3 is 1.59 bits per heavy atom. The van der Waals surface area contributed by atoms with Crippen molar-refractivity contribution in [3.05, 3.63) is 39.4 Å². The fourth-order valence-corrected chi connectivity index (χ4v) is 4.50. The molecular weight excluding hydrogens is 396 g/mol. The molecule has 27 heavy (non-hydrogen) atoms. The number of hydrogen-bond donors (Lipinski definition) is 1. The third-order valence-corrected chi connectivity index (χ3v) is 7.38. The number of allylic oxidation sites excluding steroid dienone is 1. The van der Waals surface area contributed by atoms with Crippen LogP contribution in [0.25, 0.3) is 0 Å². The lowest BCUT2D eigenvalue weighted by Crippen LogP contribution is -2.23. The number of ether oxygens (including phenoxy) is 1. The highest BCUT2D eigenvalue weighted by Gasteiger charge is 2.30. The molecule has 1 N–H and O–H groups in total. The van der Waals surface area contributed by atoms with E-state index in [0.29, 0.717) is 5.22 Å². The Balaban J connectivity index is 3.75. The van der Waals surface area contributed by atoms with Crippen molar-refractivity contribution < 1.29 is 4.74 Å². The van der Waals surface area contributed by atoms with Crippen LogP contribution in [-0.4, -0.2) is 7.11 Å². The zero-order chi connectivity index (χ0) is 21.4. The fourth-order valence-electron chi connectivity index (χ4n) is 2.79. The molecule has 5 heteroatoms. The Morgan fingerprint density at radius 1 is 0.889 bits per heavy atom. The molecule has 1 atom stereocenters. The van der Waals surface area contributed by atoms with E-state index in [1.807, 2.05) is 6.92 Å². The van der Waals surface area contributed by atoms with Gasteiger partial charge in [-0.3, -0.25) is 0 Å². The first-order chi connectivity index (χ1) is 12.0. The zero-order valence-corrected chi connectivity index (χ0v) is 21.2. The van der Waals surface area contributed by atoms with Crippen LogP contribution in [0.3, 0.4) is 0 Å². The van der Waals surface area contributed by atoms with Gasteiger partial charge in [-0.25, -0.2) is 0 Å². The van der Waals surface area contributed by atoms with Crippen LogP contribution in [0.1, 0.15) is 85.9 Å². The fraction of sp³-hybridized carbons (Fsp3) is 0.636. The summed E-state index contributed by atoms with van der Waals surface area (Å²) in [6.07, 6.45) is 0. The monoisotopic (exact) mass is 431 g/mol. The van der Waals surface area contributed by atoms with Crippen molar-refractivity contribution in [1.29, 1.82) is 0 Å². The van der Waals surface area contributed by atoms with Gasteiger partial charge in [0.15, 0.2) is 5.22 Å². The smallest absolute Gasteiger partial charge is 0.192 e. The van der Waals surface area contributed by atoms with Crippen LogP contribution >= 0.6 is 30.3 Å². The van der Waals surface area contributed by atoms with Gasteiger partial charge in [-0.15, -0.1) is 0 Å². The van der Waals surface area contributed by atoms with Gasteiger partial charge in [0, 0.05) is 11.0 Å². The SMILES string of the molecule is CO/C(Cl)=C(\C)P(Cl)Nc1c(C(C)(C)C)cc(C(C)(C)C)cc1C(C)(C)C. The maximum Gasteiger partial charge on any atom is 0.192 e. The summed E-state index contributed by atoms with van der Waals surface area (Å²) < 4.78 is 5.17. The van der Waals surface area contributed by atoms with E-state index in [9.17, 15) is 0 Å². The second kappa shape index (κ2) is 8.52. The minimum Gasteiger partial charge on any atom is -0.486 e. The molecular formula is C22H36Cl2NOP. The summed E-state index contributed by atoms with van der Waals surface area (Å²) in [6.45, 7) is 22.1. The summed E-state index contributed by atoms with van der Waals surface area (Å²) in [5.74, 6) is 0. The summed E-state index contributed by atoms with van der Waals surface area (Å²) in [5.41, 5.74) is 5.01. The normalized spacial score (nSPS) is 15.3.